The first kappa shape index (κ1) is 39.8. The second-order valence-corrected chi connectivity index (χ2v) is 15.5. The Kier molecular flexibility index (Phi) is 10.7. The first-order chi connectivity index (χ1) is 29.3. The topological polar surface area (TPSA) is 33.5 Å². The summed E-state index contributed by atoms with van der Waals surface area (Å²) in [5.41, 5.74) is 17.5. The van der Waals surface area contributed by atoms with Crippen molar-refractivity contribution < 1.29 is 25.8 Å². The second kappa shape index (κ2) is 16.4. The van der Waals surface area contributed by atoms with Crippen LogP contribution in [0, 0.1) is 53.4 Å². The summed E-state index contributed by atoms with van der Waals surface area (Å²) in [6.07, 6.45) is 6.09. The molecule has 0 radical (unpaired) electrons. The van der Waals surface area contributed by atoms with Crippen molar-refractivity contribution in [2.45, 2.75) is 34.6 Å². The zero-order chi connectivity index (χ0) is 40.9. The maximum absolute atomic E-state index is 6.57. The number of anilines is 2. The SMILES string of the molecule is Cc1c(C)c(C)c(N2C=CN(c3[c-]c(Oc4[c-]c5c(cc4)c4ccccc4n5-c4cc(-c5c(-c6ccccc6)cccc5-c5ccccc5)ccn4)ccc3)[CH-]2)c(C)c1C.[Pt]. The van der Waals surface area contributed by atoms with Gasteiger partial charge in [-0.15, -0.1) is 48.1 Å². The van der Waals surface area contributed by atoms with Gasteiger partial charge in [-0.3, -0.25) is 0 Å². The summed E-state index contributed by atoms with van der Waals surface area (Å²) >= 11 is 0. The van der Waals surface area contributed by atoms with Crippen molar-refractivity contribution in [3.63, 3.8) is 0 Å². The standard InChI is InChI=1S/C55H43N4O.Pt/c1-36-37(2)39(4)55(40(5)38(36)3)58-31-30-57(35-58)44-20-14-21-45(33-44)60-46-26-27-50-49-22-12-13-25-51(49)59(52(50)34-46)53-32-43(28-29-56-53)54-47(41-16-8-6-9-17-41)23-15-24-48(54)42-18-10-7-11-19-42;/h6-32,35H,1-5H3;/q-3;. The summed E-state index contributed by atoms with van der Waals surface area (Å²) in [5, 5.41) is 2.19. The van der Waals surface area contributed by atoms with Crippen LogP contribution in [0.15, 0.2) is 164 Å². The van der Waals surface area contributed by atoms with E-state index in [1.165, 1.54) is 33.5 Å². The van der Waals surface area contributed by atoms with E-state index in [1.807, 2.05) is 30.5 Å². The molecule has 1 aliphatic rings. The van der Waals surface area contributed by atoms with Crippen LogP contribution in [0.1, 0.15) is 27.8 Å². The van der Waals surface area contributed by atoms with Crippen LogP contribution in [0.2, 0.25) is 0 Å². The first-order valence-electron chi connectivity index (χ1n) is 20.4. The molecule has 61 heavy (non-hydrogen) atoms. The molecule has 0 unspecified atom stereocenters. The number of nitrogens with zero attached hydrogens (tertiary/aromatic N) is 4. The van der Waals surface area contributed by atoms with Crippen molar-refractivity contribution >= 4 is 33.2 Å². The Labute approximate surface area is 372 Å². The van der Waals surface area contributed by atoms with Crippen molar-refractivity contribution in [3.05, 3.63) is 211 Å². The first-order valence-corrected chi connectivity index (χ1v) is 20.4. The minimum absolute atomic E-state index is 0. The molecule has 1 aliphatic heterocycles. The average Bonchev–Trinajstić information content (AvgIpc) is 3.91. The summed E-state index contributed by atoms with van der Waals surface area (Å²) in [6.45, 7) is 13.2. The van der Waals surface area contributed by atoms with E-state index in [0.29, 0.717) is 11.5 Å². The molecular formula is C55H43N4OPt-3. The van der Waals surface area contributed by atoms with Crippen molar-refractivity contribution in [2.24, 2.45) is 0 Å². The van der Waals surface area contributed by atoms with E-state index in [0.717, 1.165) is 66.7 Å². The second-order valence-electron chi connectivity index (χ2n) is 15.5. The molecule has 0 saturated heterocycles. The van der Waals surface area contributed by atoms with Crippen LogP contribution in [0.4, 0.5) is 11.4 Å². The summed E-state index contributed by atoms with van der Waals surface area (Å²) in [4.78, 5) is 9.30. The van der Waals surface area contributed by atoms with Crippen molar-refractivity contribution in [1.82, 2.24) is 9.55 Å². The third-order valence-corrected chi connectivity index (χ3v) is 12.2. The molecule has 10 rings (SSSR count). The van der Waals surface area contributed by atoms with Gasteiger partial charge in [-0.1, -0.05) is 103 Å². The van der Waals surface area contributed by atoms with Gasteiger partial charge in [-0.2, -0.15) is 12.1 Å². The Hall–Kier alpha value is -6.68. The molecule has 0 fully saturated rings. The number of aromatic nitrogens is 2. The quantitative estimate of drug-likeness (QED) is 0.142. The molecular weight excluding hydrogens is 928 g/mol. The number of hydrogen-bond acceptors (Lipinski definition) is 4. The van der Waals surface area contributed by atoms with E-state index in [4.69, 9.17) is 9.72 Å². The van der Waals surface area contributed by atoms with E-state index in [1.54, 1.807) is 0 Å². The van der Waals surface area contributed by atoms with E-state index in [9.17, 15) is 0 Å². The Morgan fingerprint density at radius 1 is 0.525 bits per heavy atom. The predicted octanol–water partition coefficient (Wildman–Crippen LogP) is 14.0. The minimum atomic E-state index is 0. The zero-order valence-electron chi connectivity index (χ0n) is 34.7. The smallest absolute Gasteiger partial charge is 0.136 e. The van der Waals surface area contributed by atoms with Gasteiger partial charge < -0.3 is 19.1 Å². The van der Waals surface area contributed by atoms with Gasteiger partial charge in [0.1, 0.15) is 5.82 Å². The van der Waals surface area contributed by atoms with Crippen LogP contribution < -0.4 is 14.5 Å². The fourth-order valence-corrected chi connectivity index (χ4v) is 8.71. The van der Waals surface area contributed by atoms with E-state index >= 15 is 0 Å². The van der Waals surface area contributed by atoms with Gasteiger partial charge in [0.05, 0.1) is 0 Å². The number of benzene rings is 7. The molecule has 7 aromatic carbocycles. The van der Waals surface area contributed by atoms with Crippen LogP contribution in [0.5, 0.6) is 11.5 Å². The molecule has 6 heteroatoms. The normalized spacial score (nSPS) is 12.3. The van der Waals surface area contributed by atoms with Crippen molar-refractivity contribution in [3.8, 4) is 50.7 Å². The van der Waals surface area contributed by atoms with Gasteiger partial charge in [0, 0.05) is 50.0 Å². The fourth-order valence-electron chi connectivity index (χ4n) is 8.71. The number of pyridine rings is 1. The Morgan fingerprint density at radius 2 is 1.13 bits per heavy atom. The predicted molar refractivity (Wildman–Crippen MR) is 248 cm³/mol. The molecule has 2 aromatic heterocycles. The zero-order valence-corrected chi connectivity index (χ0v) is 37.0. The van der Waals surface area contributed by atoms with Gasteiger partial charge in [-0.25, -0.2) is 4.98 Å². The molecule has 302 valence electrons. The van der Waals surface area contributed by atoms with Gasteiger partial charge in [0.2, 0.25) is 0 Å². The van der Waals surface area contributed by atoms with Crippen LogP contribution in [-0.4, -0.2) is 9.55 Å². The molecule has 9 aromatic rings. The molecule has 0 atom stereocenters. The van der Waals surface area contributed by atoms with Gasteiger partial charge in [0.15, 0.2) is 0 Å². The molecule has 0 saturated carbocycles. The minimum Gasteiger partial charge on any atom is -0.509 e. The molecule has 3 heterocycles. The number of para-hydroxylation sites is 1. The average molecular weight is 971 g/mol. The third kappa shape index (κ3) is 7.13. The summed E-state index contributed by atoms with van der Waals surface area (Å²) < 4.78 is 8.77. The Bertz CT molecular complexity index is 3030. The third-order valence-electron chi connectivity index (χ3n) is 12.2. The maximum atomic E-state index is 6.57. The Balaban J connectivity index is 0.00000476. The number of rotatable bonds is 8. The van der Waals surface area contributed by atoms with Crippen molar-refractivity contribution in [2.75, 3.05) is 9.80 Å². The van der Waals surface area contributed by atoms with Crippen LogP contribution in [0.25, 0.3) is 61.0 Å². The number of ether oxygens (including phenoxy) is 1. The molecule has 0 spiro atoms. The molecule has 0 amide bonds. The largest absolute Gasteiger partial charge is 0.509 e. The van der Waals surface area contributed by atoms with Gasteiger partial charge >= 0.3 is 0 Å². The monoisotopic (exact) mass is 970 g/mol. The summed E-state index contributed by atoms with van der Waals surface area (Å²) in [6, 6.07) is 57.8. The summed E-state index contributed by atoms with van der Waals surface area (Å²) in [7, 11) is 0. The van der Waals surface area contributed by atoms with Gasteiger partial charge in [-0.05, 0) is 132 Å². The van der Waals surface area contributed by atoms with Crippen LogP contribution in [0.3, 0.4) is 0 Å². The molecule has 0 bridgehead atoms. The van der Waals surface area contributed by atoms with Crippen LogP contribution >= 0.6 is 0 Å². The summed E-state index contributed by atoms with van der Waals surface area (Å²) in [5.74, 6) is 2.00. The van der Waals surface area contributed by atoms with Crippen LogP contribution in [-0.2, 0) is 21.1 Å². The fraction of sp³-hybridized carbons (Fsp3) is 0.0909. The van der Waals surface area contributed by atoms with Gasteiger partial charge in [0.25, 0.3) is 0 Å². The van der Waals surface area contributed by atoms with E-state index in [2.05, 4.69) is 202 Å². The molecule has 0 N–H and O–H groups in total. The number of hydrogen-bond donors (Lipinski definition) is 0. The molecule has 0 aliphatic carbocycles. The van der Waals surface area contributed by atoms with E-state index in [-0.39, 0.29) is 21.1 Å². The number of fused-ring (bicyclic) bond motifs is 3. The maximum Gasteiger partial charge on any atom is 0.136 e. The van der Waals surface area contributed by atoms with E-state index < -0.39 is 0 Å². The van der Waals surface area contributed by atoms with Crippen molar-refractivity contribution in [1.29, 1.82) is 0 Å². The molecule has 5 nitrogen and oxygen atoms in total. The Morgan fingerprint density at radius 3 is 1.84 bits per heavy atom.